The molecule has 1 amide bonds. The van der Waals surface area contributed by atoms with Crippen LogP contribution in [0.5, 0.6) is 0 Å². The van der Waals surface area contributed by atoms with Gasteiger partial charge in [0.05, 0.1) is 21.8 Å². The number of para-hydroxylation sites is 1. The van der Waals surface area contributed by atoms with Crippen LogP contribution in [-0.2, 0) is 0 Å². The molecule has 3 nitrogen and oxygen atoms in total. The van der Waals surface area contributed by atoms with Crippen LogP contribution in [0.4, 0.5) is 0 Å². The quantitative estimate of drug-likeness (QED) is 0.523. The van der Waals surface area contributed by atoms with Crippen molar-refractivity contribution in [1.82, 2.24) is 9.88 Å². The van der Waals surface area contributed by atoms with Crippen LogP contribution < -0.4 is 0 Å². The number of aromatic nitrogens is 1. The first-order chi connectivity index (χ1) is 13.0. The highest BCUT2D eigenvalue weighted by molar-refractivity contribution is 6.36. The highest BCUT2D eigenvalue weighted by atomic mass is 35.5. The number of fused-ring (bicyclic) bond motifs is 1. The van der Waals surface area contributed by atoms with Crippen molar-refractivity contribution in [2.24, 2.45) is 5.92 Å². The third-order valence-corrected chi connectivity index (χ3v) is 5.77. The van der Waals surface area contributed by atoms with E-state index in [1.165, 1.54) is 0 Å². The first-order valence-electron chi connectivity index (χ1n) is 9.17. The van der Waals surface area contributed by atoms with Gasteiger partial charge >= 0.3 is 0 Å². The molecule has 138 valence electrons. The Kier molecular flexibility index (Phi) is 5.07. The van der Waals surface area contributed by atoms with Crippen LogP contribution in [-0.4, -0.2) is 28.9 Å². The van der Waals surface area contributed by atoms with E-state index in [1.54, 1.807) is 12.1 Å². The van der Waals surface area contributed by atoms with Crippen molar-refractivity contribution in [3.05, 3.63) is 64.1 Å². The lowest BCUT2D eigenvalue weighted by Crippen LogP contribution is -2.38. The van der Waals surface area contributed by atoms with E-state index in [2.05, 4.69) is 6.92 Å². The van der Waals surface area contributed by atoms with Crippen molar-refractivity contribution in [3.63, 3.8) is 0 Å². The molecular weight excluding hydrogens is 379 g/mol. The molecule has 5 heteroatoms. The van der Waals surface area contributed by atoms with E-state index >= 15 is 0 Å². The van der Waals surface area contributed by atoms with E-state index < -0.39 is 0 Å². The minimum absolute atomic E-state index is 0.0619. The molecule has 0 N–H and O–H groups in total. The number of rotatable bonds is 2. The first kappa shape index (κ1) is 18.3. The van der Waals surface area contributed by atoms with Gasteiger partial charge in [0.25, 0.3) is 5.91 Å². The van der Waals surface area contributed by atoms with Gasteiger partial charge in [-0.05, 0) is 49.1 Å². The topological polar surface area (TPSA) is 33.2 Å². The Balaban J connectivity index is 1.83. The maximum Gasteiger partial charge on any atom is 0.254 e. The summed E-state index contributed by atoms with van der Waals surface area (Å²) in [6.07, 6.45) is 2.09. The van der Waals surface area contributed by atoms with Crippen LogP contribution in [0.25, 0.3) is 22.2 Å². The minimum atomic E-state index is 0.0619. The number of pyridine rings is 1. The zero-order valence-corrected chi connectivity index (χ0v) is 16.6. The molecule has 0 aliphatic carbocycles. The molecule has 27 heavy (non-hydrogen) atoms. The van der Waals surface area contributed by atoms with Gasteiger partial charge in [-0.2, -0.15) is 0 Å². The maximum absolute atomic E-state index is 13.3. The average molecular weight is 399 g/mol. The molecule has 1 aliphatic heterocycles. The third kappa shape index (κ3) is 3.67. The smallest absolute Gasteiger partial charge is 0.254 e. The van der Waals surface area contributed by atoms with Gasteiger partial charge in [-0.15, -0.1) is 0 Å². The van der Waals surface area contributed by atoms with Gasteiger partial charge in [0.2, 0.25) is 0 Å². The molecule has 3 aromatic rings. The highest BCUT2D eigenvalue weighted by Crippen LogP contribution is 2.32. The zero-order valence-electron chi connectivity index (χ0n) is 15.1. The highest BCUT2D eigenvalue weighted by Gasteiger charge is 2.24. The molecule has 0 spiro atoms. The van der Waals surface area contributed by atoms with Crippen LogP contribution in [0.3, 0.4) is 0 Å². The molecule has 2 aromatic carbocycles. The van der Waals surface area contributed by atoms with Crippen LogP contribution in [0.2, 0.25) is 10.0 Å². The molecule has 1 aliphatic rings. The molecule has 0 atom stereocenters. The first-order valence-corrected chi connectivity index (χ1v) is 9.93. The normalized spacial score (nSPS) is 15.3. The van der Waals surface area contributed by atoms with Gasteiger partial charge in [-0.25, -0.2) is 4.98 Å². The number of carbonyl (C=O) groups is 1. The fourth-order valence-electron chi connectivity index (χ4n) is 3.57. The summed E-state index contributed by atoms with van der Waals surface area (Å²) in [5, 5.41) is 1.97. The van der Waals surface area contributed by atoms with E-state index in [9.17, 15) is 4.79 Å². The van der Waals surface area contributed by atoms with Crippen molar-refractivity contribution in [3.8, 4) is 11.3 Å². The number of hydrogen-bond donors (Lipinski definition) is 0. The predicted octanol–water partition coefficient (Wildman–Crippen LogP) is 6.08. The number of piperidine rings is 1. The number of benzene rings is 2. The fourth-order valence-corrected chi connectivity index (χ4v) is 4.07. The lowest BCUT2D eigenvalue weighted by atomic mass is 9.97. The van der Waals surface area contributed by atoms with Gasteiger partial charge in [0.1, 0.15) is 0 Å². The van der Waals surface area contributed by atoms with Crippen molar-refractivity contribution >= 4 is 40.0 Å². The Bertz CT molecular complexity index is 1010. The monoisotopic (exact) mass is 398 g/mol. The van der Waals surface area contributed by atoms with Crippen molar-refractivity contribution in [2.75, 3.05) is 13.1 Å². The zero-order chi connectivity index (χ0) is 19.0. The van der Waals surface area contributed by atoms with E-state index in [4.69, 9.17) is 28.2 Å². The summed E-state index contributed by atoms with van der Waals surface area (Å²) in [4.78, 5) is 20.0. The Labute approximate surface area is 168 Å². The van der Waals surface area contributed by atoms with Crippen LogP contribution in [0, 0.1) is 5.92 Å². The number of nitrogens with zero attached hydrogens (tertiary/aromatic N) is 2. The summed E-state index contributed by atoms with van der Waals surface area (Å²) in [7, 11) is 0. The molecule has 2 heterocycles. The number of halogens is 2. The van der Waals surface area contributed by atoms with E-state index in [1.807, 2.05) is 41.3 Å². The Morgan fingerprint density at radius 3 is 2.56 bits per heavy atom. The summed E-state index contributed by atoms with van der Waals surface area (Å²) in [5.41, 5.74) is 2.92. The SMILES string of the molecule is CC1CCN(C(=O)c2cc(-c3ccc(Cl)cc3Cl)nc3ccccc23)CC1. The van der Waals surface area contributed by atoms with Gasteiger partial charge < -0.3 is 4.90 Å². The third-order valence-electron chi connectivity index (χ3n) is 5.22. The van der Waals surface area contributed by atoms with Gasteiger partial charge in [-0.1, -0.05) is 48.3 Å². The number of amides is 1. The van der Waals surface area contributed by atoms with E-state index in [0.717, 1.165) is 42.4 Å². The number of likely N-dealkylation sites (tertiary alicyclic amines) is 1. The second-order valence-corrected chi connectivity index (χ2v) is 8.01. The standard InChI is InChI=1S/C22H20Cl2N2O/c1-14-8-10-26(11-9-14)22(27)18-13-21(17-7-6-15(23)12-19(17)24)25-20-5-3-2-4-16(18)20/h2-7,12-14H,8-11H2,1H3. The average Bonchev–Trinajstić information content (AvgIpc) is 2.67. The Morgan fingerprint density at radius 1 is 1.07 bits per heavy atom. The molecule has 1 saturated heterocycles. The van der Waals surface area contributed by atoms with E-state index in [0.29, 0.717) is 27.2 Å². The van der Waals surface area contributed by atoms with E-state index in [-0.39, 0.29) is 5.91 Å². The fraction of sp³-hybridized carbons (Fsp3) is 0.273. The lowest BCUT2D eigenvalue weighted by Gasteiger charge is -2.30. The van der Waals surface area contributed by atoms with Crippen molar-refractivity contribution in [2.45, 2.75) is 19.8 Å². The maximum atomic E-state index is 13.3. The molecule has 1 fully saturated rings. The number of carbonyl (C=O) groups excluding carboxylic acids is 1. The molecule has 0 unspecified atom stereocenters. The Hall–Kier alpha value is -2.10. The van der Waals surface area contributed by atoms with Gasteiger partial charge in [0.15, 0.2) is 0 Å². The summed E-state index contributed by atoms with van der Waals surface area (Å²) < 4.78 is 0. The second-order valence-electron chi connectivity index (χ2n) is 7.17. The van der Waals surface area contributed by atoms with Gasteiger partial charge in [0, 0.05) is 29.1 Å². The lowest BCUT2D eigenvalue weighted by molar-refractivity contribution is 0.0699. The summed E-state index contributed by atoms with van der Waals surface area (Å²) in [6, 6.07) is 14.9. The molecule has 1 aromatic heterocycles. The molecule has 4 rings (SSSR count). The van der Waals surface area contributed by atoms with Crippen molar-refractivity contribution in [1.29, 1.82) is 0 Å². The molecule has 0 saturated carbocycles. The van der Waals surface area contributed by atoms with Crippen molar-refractivity contribution < 1.29 is 4.79 Å². The van der Waals surface area contributed by atoms with Crippen LogP contribution >= 0.6 is 23.2 Å². The minimum Gasteiger partial charge on any atom is -0.339 e. The predicted molar refractivity (Wildman–Crippen MR) is 112 cm³/mol. The molecular formula is C22H20Cl2N2O. The summed E-state index contributed by atoms with van der Waals surface area (Å²) in [5.74, 6) is 0.735. The van der Waals surface area contributed by atoms with Crippen LogP contribution in [0.15, 0.2) is 48.5 Å². The molecule has 0 radical (unpaired) electrons. The largest absolute Gasteiger partial charge is 0.339 e. The second kappa shape index (κ2) is 7.49. The van der Waals surface area contributed by atoms with Crippen LogP contribution in [0.1, 0.15) is 30.1 Å². The summed E-state index contributed by atoms with van der Waals surface area (Å²) in [6.45, 7) is 3.84. The molecule has 0 bridgehead atoms. The van der Waals surface area contributed by atoms with Gasteiger partial charge in [-0.3, -0.25) is 4.79 Å². The Morgan fingerprint density at radius 2 is 1.81 bits per heavy atom. The number of hydrogen-bond acceptors (Lipinski definition) is 2. The summed E-state index contributed by atoms with van der Waals surface area (Å²) >= 11 is 12.4.